The van der Waals surface area contributed by atoms with E-state index in [1.165, 1.54) is 0 Å². The molecule has 0 N–H and O–H groups in total. The lowest BCUT2D eigenvalue weighted by atomic mass is 10.1. The van der Waals surface area contributed by atoms with Gasteiger partial charge in [-0.1, -0.05) is 0 Å². The first-order valence-corrected chi connectivity index (χ1v) is 5.13. The van der Waals surface area contributed by atoms with Crippen molar-refractivity contribution >= 4 is 17.5 Å². The number of likely N-dealkylation sites (tertiary alicyclic amines) is 1. The second-order valence-corrected chi connectivity index (χ2v) is 4.23. The van der Waals surface area contributed by atoms with E-state index in [1.54, 1.807) is 4.90 Å². The Morgan fingerprint density at radius 2 is 2.14 bits per heavy atom. The van der Waals surface area contributed by atoms with Gasteiger partial charge in [0.15, 0.2) is 5.84 Å². The fourth-order valence-electron chi connectivity index (χ4n) is 2.33. The van der Waals surface area contributed by atoms with Crippen LogP contribution in [0.5, 0.6) is 0 Å². The molecule has 3 rings (SSSR count). The average Bonchev–Trinajstić information content (AvgIpc) is 2.95. The molecule has 0 spiro atoms. The molecule has 0 radical (unpaired) electrons. The number of aliphatic imine (C=N–C) groups is 2. The Morgan fingerprint density at radius 3 is 3.00 bits per heavy atom. The van der Waals surface area contributed by atoms with Gasteiger partial charge >= 0.3 is 0 Å². The number of carbonyl (C=O) groups is 1. The number of carbonyl (C=O) groups excluding carboxylic acids is 1. The summed E-state index contributed by atoms with van der Waals surface area (Å²) < 4.78 is 0. The molecular formula is C10H13N3O. The van der Waals surface area contributed by atoms with Crippen molar-refractivity contribution in [1.29, 1.82) is 0 Å². The van der Waals surface area contributed by atoms with Gasteiger partial charge in [-0.2, -0.15) is 0 Å². The van der Waals surface area contributed by atoms with E-state index in [2.05, 4.69) is 9.98 Å². The highest BCUT2D eigenvalue weighted by Gasteiger charge is 2.48. The Hall–Kier alpha value is -1.19. The van der Waals surface area contributed by atoms with Crippen LogP contribution in [0, 0.1) is 11.8 Å². The Kier molecular flexibility index (Phi) is 1.54. The summed E-state index contributed by atoms with van der Waals surface area (Å²) in [6, 6.07) is 0. The number of fused-ring (bicyclic) bond motifs is 3. The molecule has 1 amide bonds. The number of nitrogens with zero attached hydrogens (tertiary/aromatic N) is 3. The molecule has 4 nitrogen and oxygen atoms in total. The van der Waals surface area contributed by atoms with Gasteiger partial charge in [-0.25, -0.2) is 0 Å². The first-order chi connectivity index (χ1) is 6.77. The van der Waals surface area contributed by atoms with Gasteiger partial charge in [-0.05, 0) is 12.3 Å². The van der Waals surface area contributed by atoms with Crippen molar-refractivity contribution < 1.29 is 4.79 Å². The topological polar surface area (TPSA) is 45.0 Å². The van der Waals surface area contributed by atoms with Crippen LogP contribution in [-0.4, -0.2) is 42.5 Å². The van der Waals surface area contributed by atoms with Gasteiger partial charge in [0.05, 0.1) is 18.8 Å². The van der Waals surface area contributed by atoms with Gasteiger partial charge in [0.1, 0.15) is 0 Å². The Bertz CT molecular complexity index is 358. The van der Waals surface area contributed by atoms with Crippen LogP contribution in [0.25, 0.3) is 0 Å². The van der Waals surface area contributed by atoms with Crippen LogP contribution in [0.3, 0.4) is 0 Å². The van der Waals surface area contributed by atoms with Crippen LogP contribution in [0.1, 0.15) is 12.8 Å². The molecule has 3 aliphatic rings. The van der Waals surface area contributed by atoms with Crippen LogP contribution in [0.4, 0.5) is 0 Å². The van der Waals surface area contributed by atoms with E-state index in [0.717, 1.165) is 31.1 Å². The second kappa shape index (κ2) is 2.65. The summed E-state index contributed by atoms with van der Waals surface area (Å²) in [5, 5.41) is 0. The minimum Gasteiger partial charge on any atom is -0.299 e. The van der Waals surface area contributed by atoms with Crippen LogP contribution in [0.15, 0.2) is 9.98 Å². The molecule has 0 aromatic rings. The average molecular weight is 191 g/mol. The van der Waals surface area contributed by atoms with Gasteiger partial charge in [-0.3, -0.25) is 19.7 Å². The van der Waals surface area contributed by atoms with Crippen LogP contribution >= 0.6 is 0 Å². The number of hydrogen-bond donors (Lipinski definition) is 0. The first-order valence-electron chi connectivity index (χ1n) is 5.13. The number of rotatable bonds is 0. The maximum atomic E-state index is 11.7. The molecule has 0 bridgehead atoms. The molecule has 14 heavy (non-hydrogen) atoms. The zero-order valence-corrected chi connectivity index (χ0v) is 8.23. The van der Waals surface area contributed by atoms with E-state index in [9.17, 15) is 4.79 Å². The predicted molar refractivity (Wildman–Crippen MR) is 53.6 cm³/mol. The third-order valence-corrected chi connectivity index (χ3v) is 3.28. The third kappa shape index (κ3) is 1.03. The molecular weight excluding hydrogens is 178 g/mol. The van der Waals surface area contributed by atoms with Gasteiger partial charge in [0.25, 0.3) is 0 Å². The molecule has 2 fully saturated rings. The predicted octanol–water partition coefficient (Wildman–Crippen LogP) is 0.338. The molecule has 2 heterocycles. The summed E-state index contributed by atoms with van der Waals surface area (Å²) in [5.41, 5.74) is 1.09. The van der Waals surface area contributed by atoms with Crippen molar-refractivity contribution in [3.05, 3.63) is 0 Å². The number of hydrogen-bond acceptors (Lipinski definition) is 3. The highest BCUT2D eigenvalue weighted by atomic mass is 16.2. The van der Waals surface area contributed by atoms with Crippen LogP contribution < -0.4 is 0 Å². The molecule has 0 aromatic heterocycles. The van der Waals surface area contributed by atoms with E-state index < -0.39 is 0 Å². The lowest BCUT2D eigenvalue weighted by Gasteiger charge is -2.20. The van der Waals surface area contributed by atoms with E-state index in [0.29, 0.717) is 18.3 Å². The van der Waals surface area contributed by atoms with Gasteiger partial charge in [-0.15, -0.1) is 0 Å². The van der Waals surface area contributed by atoms with E-state index in [-0.39, 0.29) is 5.91 Å². The third-order valence-electron chi connectivity index (χ3n) is 3.28. The number of amides is 1. The summed E-state index contributed by atoms with van der Waals surface area (Å²) in [4.78, 5) is 22.3. The standard InChI is InChI=1S/C10H13N3O/c1-13-8(14)5-6-4-7(6)9-10(13)12-3-2-11-9/h6-7H,2-5H2,1H3/t6-,7-/m0/s1. The van der Waals surface area contributed by atoms with E-state index in [4.69, 9.17) is 0 Å². The Labute approximate surface area is 82.7 Å². The van der Waals surface area contributed by atoms with Crippen LogP contribution in [-0.2, 0) is 4.79 Å². The molecule has 4 heteroatoms. The van der Waals surface area contributed by atoms with Crippen molar-refractivity contribution in [3.63, 3.8) is 0 Å². The summed E-state index contributed by atoms with van der Waals surface area (Å²) in [5.74, 6) is 2.12. The zero-order chi connectivity index (χ0) is 9.71. The largest absolute Gasteiger partial charge is 0.299 e. The first kappa shape index (κ1) is 8.15. The summed E-state index contributed by atoms with van der Waals surface area (Å²) in [6.07, 6.45) is 1.82. The van der Waals surface area contributed by atoms with Crippen molar-refractivity contribution in [2.24, 2.45) is 21.8 Å². The summed E-state index contributed by atoms with van der Waals surface area (Å²) in [6.45, 7) is 1.53. The van der Waals surface area contributed by atoms with E-state index >= 15 is 0 Å². The summed E-state index contributed by atoms with van der Waals surface area (Å²) in [7, 11) is 1.81. The number of amidine groups is 1. The lowest BCUT2D eigenvalue weighted by molar-refractivity contribution is -0.126. The maximum absolute atomic E-state index is 11.7. The van der Waals surface area contributed by atoms with E-state index in [1.807, 2.05) is 7.05 Å². The quantitative estimate of drug-likeness (QED) is 0.544. The maximum Gasteiger partial charge on any atom is 0.228 e. The minimum atomic E-state index is 0.198. The second-order valence-electron chi connectivity index (χ2n) is 4.23. The fourth-order valence-corrected chi connectivity index (χ4v) is 2.33. The molecule has 2 aliphatic heterocycles. The smallest absolute Gasteiger partial charge is 0.228 e. The van der Waals surface area contributed by atoms with Gasteiger partial charge in [0.2, 0.25) is 5.91 Å². The highest BCUT2D eigenvalue weighted by molar-refractivity contribution is 6.45. The van der Waals surface area contributed by atoms with Crippen LogP contribution in [0.2, 0.25) is 0 Å². The monoisotopic (exact) mass is 191 g/mol. The highest BCUT2D eigenvalue weighted by Crippen LogP contribution is 2.45. The van der Waals surface area contributed by atoms with Crippen molar-refractivity contribution in [2.75, 3.05) is 20.1 Å². The van der Waals surface area contributed by atoms with Crippen molar-refractivity contribution in [3.8, 4) is 0 Å². The molecule has 2 atom stereocenters. The molecule has 1 saturated carbocycles. The normalized spacial score (nSPS) is 35.2. The Morgan fingerprint density at radius 1 is 1.36 bits per heavy atom. The Balaban J connectivity index is 2.03. The molecule has 0 aromatic carbocycles. The lowest BCUT2D eigenvalue weighted by Crippen LogP contribution is -2.39. The molecule has 74 valence electrons. The zero-order valence-electron chi connectivity index (χ0n) is 8.23. The van der Waals surface area contributed by atoms with Crippen molar-refractivity contribution in [2.45, 2.75) is 12.8 Å². The SMILES string of the molecule is CN1C(=O)C[C@@H]2C[C@@H]2C2=NCCN=C21. The summed E-state index contributed by atoms with van der Waals surface area (Å²) >= 11 is 0. The fraction of sp³-hybridized carbons (Fsp3) is 0.700. The van der Waals surface area contributed by atoms with Crippen molar-refractivity contribution in [1.82, 2.24) is 4.90 Å². The van der Waals surface area contributed by atoms with Gasteiger partial charge < -0.3 is 0 Å². The molecule has 1 aliphatic carbocycles. The van der Waals surface area contributed by atoms with Gasteiger partial charge in [0, 0.05) is 19.4 Å². The molecule has 0 unspecified atom stereocenters. The minimum absolute atomic E-state index is 0.198. The molecule has 1 saturated heterocycles.